The summed E-state index contributed by atoms with van der Waals surface area (Å²) < 4.78 is 11.2. The molecule has 0 saturated carbocycles. The molecule has 0 spiro atoms. The molecule has 2 rings (SSSR count). The van der Waals surface area contributed by atoms with Gasteiger partial charge in [-0.05, 0) is 43.5 Å². The fraction of sp³-hybridized carbons (Fsp3) is 0.462. The molecular weight excluding hydrogens is 218 g/mol. The van der Waals surface area contributed by atoms with Crippen molar-refractivity contribution >= 4 is 11.8 Å². The molecular formula is C13H15NO3. The summed E-state index contributed by atoms with van der Waals surface area (Å²) in [5.41, 5.74) is 0.585. The van der Waals surface area contributed by atoms with Gasteiger partial charge >= 0.3 is 0 Å². The fourth-order valence-corrected chi connectivity index (χ4v) is 1.80. The summed E-state index contributed by atoms with van der Waals surface area (Å²) in [5.74, 6) is 0.768. The van der Waals surface area contributed by atoms with Crippen molar-refractivity contribution in [1.82, 2.24) is 0 Å². The maximum Gasteiger partial charge on any atom is 0.240 e. The van der Waals surface area contributed by atoms with Crippen LogP contribution in [0.5, 0.6) is 5.75 Å². The lowest BCUT2D eigenvalue weighted by molar-refractivity contribution is -0.0110. The number of isocyanates is 1. The second-order valence-electron chi connectivity index (χ2n) is 4.00. The van der Waals surface area contributed by atoms with Gasteiger partial charge in [0.05, 0.1) is 11.8 Å². The van der Waals surface area contributed by atoms with Gasteiger partial charge in [0.15, 0.2) is 0 Å². The highest BCUT2D eigenvalue weighted by Gasteiger charge is 2.14. The van der Waals surface area contributed by atoms with E-state index in [9.17, 15) is 4.79 Å². The van der Waals surface area contributed by atoms with Crippen LogP contribution in [0.2, 0.25) is 0 Å². The molecule has 4 heteroatoms. The minimum absolute atomic E-state index is 0.205. The lowest BCUT2D eigenvalue weighted by Gasteiger charge is -2.22. The summed E-state index contributed by atoms with van der Waals surface area (Å²) >= 11 is 0. The molecule has 1 saturated heterocycles. The molecule has 0 bridgehead atoms. The molecule has 4 nitrogen and oxygen atoms in total. The lowest BCUT2D eigenvalue weighted by atomic mass is 10.1. The van der Waals surface area contributed by atoms with Crippen molar-refractivity contribution in [1.29, 1.82) is 0 Å². The highest BCUT2D eigenvalue weighted by atomic mass is 16.5. The summed E-state index contributed by atoms with van der Waals surface area (Å²) in [7, 11) is 0. The number of rotatable bonds is 4. The molecule has 1 atom stereocenters. The molecule has 1 aliphatic rings. The van der Waals surface area contributed by atoms with Gasteiger partial charge in [0.25, 0.3) is 0 Å². The highest BCUT2D eigenvalue weighted by molar-refractivity contribution is 5.49. The lowest BCUT2D eigenvalue weighted by Crippen LogP contribution is -2.25. The molecule has 0 radical (unpaired) electrons. The van der Waals surface area contributed by atoms with Crippen LogP contribution < -0.4 is 4.74 Å². The zero-order valence-electron chi connectivity index (χ0n) is 9.59. The van der Waals surface area contributed by atoms with Crippen molar-refractivity contribution in [3.05, 3.63) is 24.3 Å². The standard InChI is InChI=1S/C13H15NO3/c15-10-14-11-4-6-12(7-5-11)17-9-13-3-1-2-8-16-13/h4-7,13H,1-3,8-9H2. The second-order valence-corrected chi connectivity index (χ2v) is 4.00. The number of ether oxygens (including phenoxy) is 2. The predicted octanol–water partition coefficient (Wildman–Crippen LogP) is 2.60. The Hall–Kier alpha value is -1.64. The average Bonchev–Trinajstić information content (AvgIpc) is 2.40. The third kappa shape index (κ3) is 3.70. The number of hydrogen-bond acceptors (Lipinski definition) is 4. The van der Waals surface area contributed by atoms with Crippen molar-refractivity contribution in [3.8, 4) is 5.75 Å². The summed E-state index contributed by atoms with van der Waals surface area (Å²) in [6.45, 7) is 1.41. The molecule has 0 N–H and O–H groups in total. The van der Waals surface area contributed by atoms with Gasteiger partial charge in [0.1, 0.15) is 12.4 Å². The molecule has 1 unspecified atom stereocenters. The number of benzene rings is 1. The Balaban J connectivity index is 1.83. The molecule has 1 heterocycles. The van der Waals surface area contributed by atoms with Gasteiger partial charge in [0, 0.05) is 6.61 Å². The normalized spacial score (nSPS) is 19.4. The van der Waals surface area contributed by atoms with E-state index in [1.807, 2.05) is 0 Å². The van der Waals surface area contributed by atoms with Crippen LogP contribution in [0.25, 0.3) is 0 Å². The van der Waals surface area contributed by atoms with E-state index in [0.29, 0.717) is 12.3 Å². The van der Waals surface area contributed by atoms with E-state index in [-0.39, 0.29) is 6.10 Å². The SMILES string of the molecule is O=C=Nc1ccc(OCC2CCCCO2)cc1. The van der Waals surface area contributed by atoms with E-state index in [1.165, 1.54) is 12.5 Å². The monoisotopic (exact) mass is 233 g/mol. The average molecular weight is 233 g/mol. The van der Waals surface area contributed by atoms with Crippen LogP contribution in [0.15, 0.2) is 29.3 Å². The molecule has 0 aromatic heterocycles. The summed E-state index contributed by atoms with van der Waals surface area (Å²) in [5, 5.41) is 0. The first-order valence-corrected chi connectivity index (χ1v) is 5.81. The summed E-state index contributed by atoms with van der Waals surface area (Å²) in [4.78, 5) is 13.6. The number of hydrogen-bond donors (Lipinski definition) is 0. The van der Waals surface area contributed by atoms with E-state index in [2.05, 4.69) is 4.99 Å². The van der Waals surface area contributed by atoms with Crippen LogP contribution in [-0.4, -0.2) is 25.4 Å². The first-order chi connectivity index (χ1) is 8.38. The smallest absolute Gasteiger partial charge is 0.240 e. The van der Waals surface area contributed by atoms with Crippen molar-refractivity contribution < 1.29 is 14.3 Å². The maximum absolute atomic E-state index is 10.1. The van der Waals surface area contributed by atoms with E-state index >= 15 is 0 Å². The molecule has 90 valence electrons. The minimum atomic E-state index is 0.205. The Kier molecular flexibility index (Phi) is 4.30. The van der Waals surface area contributed by atoms with Gasteiger partial charge in [-0.1, -0.05) is 0 Å². The van der Waals surface area contributed by atoms with Crippen molar-refractivity contribution in [3.63, 3.8) is 0 Å². The Labute approximate surface area is 100 Å². The van der Waals surface area contributed by atoms with E-state index in [4.69, 9.17) is 9.47 Å². The van der Waals surface area contributed by atoms with Crippen LogP contribution in [-0.2, 0) is 9.53 Å². The molecule has 0 aliphatic carbocycles. The van der Waals surface area contributed by atoms with Gasteiger partial charge in [-0.2, -0.15) is 4.99 Å². The van der Waals surface area contributed by atoms with Crippen LogP contribution in [0.4, 0.5) is 5.69 Å². The molecule has 1 fully saturated rings. The van der Waals surface area contributed by atoms with Crippen LogP contribution in [0.3, 0.4) is 0 Å². The molecule has 17 heavy (non-hydrogen) atoms. The van der Waals surface area contributed by atoms with Crippen molar-refractivity contribution in [2.75, 3.05) is 13.2 Å². The largest absolute Gasteiger partial charge is 0.491 e. The van der Waals surface area contributed by atoms with Crippen molar-refractivity contribution in [2.45, 2.75) is 25.4 Å². The Bertz CT molecular complexity index is 390. The fourth-order valence-electron chi connectivity index (χ4n) is 1.80. The molecule has 0 amide bonds. The third-order valence-corrected chi connectivity index (χ3v) is 2.72. The van der Waals surface area contributed by atoms with E-state index in [1.54, 1.807) is 24.3 Å². The second kappa shape index (κ2) is 6.18. The highest BCUT2D eigenvalue weighted by Crippen LogP contribution is 2.19. The van der Waals surface area contributed by atoms with Crippen molar-refractivity contribution in [2.24, 2.45) is 4.99 Å². The molecule has 1 aromatic rings. The minimum Gasteiger partial charge on any atom is -0.491 e. The third-order valence-electron chi connectivity index (χ3n) is 2.72. The number of nitrogens with zero attached hydrogens (tertiary/aromatic N) is 1. The predicted molar refractivity (Wildman–Crippen MR) is 63.3 cm³/mol. The van der Waals surface area contributed by atoms with Gasteiger partial charge in [-0.25, -0.2) is 4.79 Å². The van der Waals surface area contributed by atoms with Crippen LogP contribution in [0, 0.1) is 0 Å². The first kappa shape index (κ1) is 11.8. The number of carbonyl (C=O) groups excluding carboxylic acids is 1. The van der Waals surface area contributed by atoms with Crippen LogP contribution in [0.1, 0.15) is 19.3 Å². The van der Waals surface area contributed by atoms with Gasteiger partial charge < -0.3 is 9.47 Å². The van der Waals surface area contributed by atoms with Gasteiger partial charge in [-0.3, -0.25) is 0 Å². The topological polar surface area (TPSA) is 47.9 Å². The van der Waals surface area contributed by atoms with E-state index < -0.39 is 0 Å². The number of aliphatic imine (C=N–C) groups is 1. The first-order valence-electron chi connectivity index (χ1n) is 5.81. The summed E-state index contributed by atoms with van der Waals surface area (Å²) in [6, 6.07) is 7.03. The van der Waals surface area contributed by atoms with Gasteiger partial charge in [-0.15, -0.1) is 0 Å². The van der Waals surface area contributed by atoms with Crippen LogP contribution >= 0.6 is 0 Å². The summed E-state index contributed by atoms with van der Waals surface area (Å²) in [6.07, 6.45) is 5.13. The Morgan fingerprint density at radius 1 is 1.35 bits per heavy atom. The Morgan fingerprint density at radius 2 is 2.18 bits per heavy atom. The Morgan fingerprint density at radius 3 is 2.82 bits per heavy atom. The van der Waals surface area contributed by atoms with Gasteiger partial charge in [0.2, 0.25) is 6.08 Å². The maximum atomic E-state index is 10.1. The zero-order chi connectivity index (χ0) is 11.9. The molecule has 1 aromatic carbocycles. The zero-order valence-corrected chi connectivity index (χ0v) is 9.59. The molecule has 1 aliphatic heterocycles. The van der Waals surface area contributed by atoms with E-state index in [0.717, 1.165) is 25.2 Å². The quantitative estimate of drug-likeness (QED) is 0.593.